The Bertz CT molecular complexity index is 879. The number of nitrogens with zero attached hydrogens (tertiary/aromatic N) is 3. The summed E-state index contributed by atoms with van der Waals surface area (Å²) in [5, 5.41) is 8.91. The molecule has 1 aliphatic heterocycles. The van der Waals surface area contributed by atoms with Gasteiger partial charge in [-0.15, -0.1) is 0 Å². The predicted octanol–water partition coefficient (Wildman–Crippen LogP) is 1.54. The smallest absolute Gasteiger partial charge is 0.298 e. The molecule has 2 aromatic rings. The van der Waals surface area contributed by atoms with Crippen LogP contribution in [-0.2, 0) is 20.8 Å². The first-order valence-corrected chi connectivity index (χ1v) is 8.41. The number of nitriles is 1. The van der Waals surface area contributed by atoms with Gasteiger partial charge in [-0.1, -0.05) is 17.7 Å². The fourth-order valence-electron chi connectivity index (χ4n) is 2.33. The third kappa shape index (κ3) is 2.93. The first-order chi connectivity index (χ1) is 10.9. The molecule has 0 radical (unpaired) electrons. The van der Waals surface area contributed by atoms with E-state index in [9.17, 15) is 8.42 Å². The Morgan fingerprint density at radius 1 is 1.39 bits per heavy atom. The number of aromatic nitrogens is 2. The van der Waals surface area contributed by atoms with Crippen LogP contribution in [0.2, 0.25) is 0 Å². The summed E-state index contributed by atoms with van der Waals surface area (Å²) in [4.78, 5) is 4.16. The topological polar surface area (TPSA) is 94.2 Å². The molecule has 3 rings (SSSR count). The largest absolute Gasteiger partial charge is 0.457 e. The number of benzene rings is 1. The number of hydrogen-bond acceptors (Lipinski definition) is 6. The van der Waals surface area contributed by atoms with Crippen molar-refractivity contribution in [2.75, 3.05) is 6.61 Å². The zero-order valence-electron chi connectivity index (χ0n) is 12.7. The molecule has 8 heteroatoms. The van der Waals surface area contributed by atoms with Gasteiger partial charge in [0, 0.05) is 0 Å². The molecule has 120 valence electrons. The van der Waals surface area contributed by atoms with Crippen molar-refractivity contribution in [3.8, 4) is 12.1 Å². The lowest BCUT2D eigenvalue weighted by Gasteiger charge is -2.11. The molecule has 1 aromatic heterocycles. The van der Waals surface area contributed by atoms with E-state index in [2.05, 4.69) is 4.98 Å². The normalized spacial score (nSPS) is 16.7. The van der Waals surface area contributed by atoms with E-state index in [1.807, 2.05) is 13.0 Å². The third-order valence-electron chi connectivity index (χ3n) is 3.67. The highest BCUT2D eigenvalue weighted by Gasteiger charge is 2.29. The van der Waals surface area contributed by atoms with Crippen LogP contribution in [0.1, 0.15) is 17.0 Å². The molecule has 0 bridgehead atoms. The van der Waals surface area contributed by atoms with Crippen LogP contribution in [-0.4, -0.2) is 30.7 Å². The lowest BCUT2D eigenvalue weighted by atomic mass is 10.2. The molecule has 1 aliphatic rings. The van der Waals surface area contributed by atoms with Crippen molar-refractivity contribution >= 4 is 10.1 Å². The first-order valence-electron chi connectivity index (χ1n) is 7.00. The van der Waals surface area contributed by atoms with Crippen molar-refractivity contribution in [3.63, 3.8) is 0 Å². The second-order valence-corrected chi connectivity index (χ2v) is 6.96. The Morgan fingerprint density at radius 3 is 2.70 bits per heavy atom. The molecular weight excluding hydrogens is 318 g/mol. The van der Waals surface area contributed by atoms with Crippen LogP contribution in [0, 0.1) is 25.2 Å². The third-order valence-corrected chi connectivity index (χ3v) is 4.96. The number of rotatable bonds is 4. The number of ether oxygens (including phenoxy) is 1. The van der Waals surface area contributed by atoms with Crippen molar-refractivity contribution in [2.24, 2.45) is 0 Å². The minimum Gasteiger partial charge on any atom is -0.457 e. The lowest BCUT2D eigenvalue weighted by molar-refractivity contribution is 0.147. The van der Waals surface area contributed by atoms with Crippen molar-refractivity contribution in [3.05, 3.63) is 41.2 Å². The van der Waals surface area contributed by atoms with Crippen LogP contribution in [0.5, 0.6) is 6.01 Å². The van der Waals surface area contributed by atoms with E-state index in [1.54, 1.807) is 23.6 Å². The fourth-order valence-corrected chi connectivity index (χ4v) is 3.27. The quantitative estimate of drug-likeness (QED) is 0.788. The van der Waals surface area contributed by atoms with Gasteiger partial charge in [-0.3, -0.25) is 8.75 Å². The van der Waals surface area contributed by atoms with E-state index in [4.69, 9.17) is 14.2 Å². The minimum absolute atomic E-state index is 0.110. The zero-order chi connectivity index (χ0) is 16.6. The van der Waals surface area contributed by atoms with E-state index in [1.165, 1.54) is 12.1 Å². The van der Waals surface area contributed by atoms with E-state index < -0.39 is 16.2 Å². The molecule has 1 unspecified atom stereocenters. The molecule has 0 spiro atoms. The summed E-state index contributed by atoms with van der Waals surface area (Å²) >= 11 is 0. The highest BCUT2D eigenvalue weighted by atomic mass is 32.2. The van der Waals surface area contributed by atoms with Crippen molar-refractivity contribution in [2.45, 2.75) is 31.4 Å². The number of aryl methyl sites for hydroxylation is 1. The molecule has 0 fully saturated rings. The fraction of sp³-hybridized carbons (Fsp3) is 0.333. The van der Waals surface area contributed by atoms with Gasteiger partial charge >= 0.3 is 0 Å². The van der Waals surface area contributed by atoms with Crippen molar-refractivity contribution in [1.29, 1.82) is 5.26 Å². The summed E-state index contributed by atoms with van der Waals surface area (Å²) in [5.74, 6) is 0. The Balaban J connectivity index is 1.66. The maximum atomic E-state index is 12.1. The van der Waals surface area contributed by atoms with Gasteiger partial charge in [0.15, 0.2) is 5.69 Å². The first kappa shape index (κ1) is 15.5. The van der Waals surface area contributed by atoms with Gasteiger partial charge in [-0.2, -0.15) is 18.7 Å². The average Bonchev–Trinajstić information content (AvgIpc) is 3.05. The number of imidazole rings is 1. The Morgan fingerprint density at radius 2 is 2.09 bits per heavy atom. The molecule has 0 N–H and O–H groups in total. The summed E-state index contributed by atoms with van der Waals surface area (Å²) in [7, 11) is -3.82. The second kappa shape index (κ2) is 5.68. The molecule has 0 saturated carbocycles. The van der Waals surface area contributed by atoms with Crippen LogP contribution >= 0.6 is 0 Å². The van der Waals surface area contributed by atoms with Gasteiger partial charge in [-0.25, -0.2) is 0 Å². The van der Waals surface area contributed by atoms with E-state index in [-0.39, 0.29) is 11.5 Å². The molecule has 0 aliphatic carbocycles. The molecule has 2 heterocycles. The zero-order valence-corrected chi connectivity index (χ0v) is 13.5. The second-order valence-electron chi connectivity index (χ2n) is 5.34. The highest BCUT2D eigenvalue weighted by Crippen LogP contribution is 2.25. The van der Waals surface area contributed by atoms with Crippen LogP contribution in [0.4, 0.5) is 0 Å². The molecular formula is C15H15N3O4S. The molecule has 7 nitrogen and oxygen atoms in total. The van der Waals surface area contributed by atoms with Crippen LogP contribution < -0.4 is 4.74 Å². The Hall–Kier alpha value is -2.37. The van der Waals surface area contributed by atoms with Gasteiger partial charge in [0.25, 0.3) is 16.1 Å². The van der Waals surface area contributed by atoms with Gasteiger partial charge in [-0.05, 0) is 26.0 Å². The van der Waals surface area contributed by atoms with Crippen LogP contribution in [0.3, 0.4) is 0 Å². The summed E-state index contributed by atoms with van der Waals surface area (Å²) in [6.45, 7) is 3.94. The van der Waals surface area contributed by atoms with E-state index >= 15 is 0 Å². The lowest BCUT2D eigenvalue weighted by Crippen LogP contribution is -2.24. The van der Waals surface area contributed by atoms with E-state index in [0.29, 0.717) is 23.9 Å². The van der Waals surface area contributed by atoms with Gasteiger partial charge in [0.2, 0.25) is 0 Å². The molecule has 1 atom stereocenters. The minimum atomic E-state index is -3.82. The SMILES string of the molecule is Cc1ccc(S(=O)(=O)OCC2Cn3c(nc(C#N)c3C)O2)cc1. The molecule has 0 saturated heterocycles. The van der Waals surface area contributed by atoms with E-state index in [0.717, 1.165) is 5.56 Å². The average molecular weight is 333 g/mol. The maximum absolute atomic E-state index is 12.1. The van der Waals surface area contributed by atoms with Crippen LogP contribution in [0.25, 0.3) is 0 Å². The van der Waals surface area contributed by atoms with Crippen molar-refractivity contribution < 1.29 is 17.3 Å². The predicted molar refractivity (Wildman–Crippen MR) is 80.4 cm³/mol. The molecule has 1 aromatic carbocycles. The summed E-state index contributed by atoms with van der Waals surface area (Å²) in [5.41, 5.74) is 1.98. The highest BCUT2D eigenvalue weighted by molar-refractivity contribution is 7.86. The van der Waals surface area contributed by atoms with Gasteiger partial charge in [0.05, 0.1) is 17.1 Å². The van der Waals surface area contributed by atoms with Gasteiger partial charge < -0.3 is 4.74 Å². The van der Waals surface area contributed by atoms with Crippen LogP contribution in [0.15, 0.2) is 29.2 Å². The monoisotopic (exact) mass is 333 g/mol. The molecule has 23 heavy (non-hydrogen) atoms. The number of fused-ring (bicyclic) bond motifs is 1. The number of hydrogen-bond donors (Lipinski definition) is 0. The summed E-state index contributed by atoms with van der Waals surface area (Å²) < 4.78 is 36.6. The van der Waals surface area contributed by atoms with Crippen molar-refractivity contribution in [1.82, 2.24) is 9.55 Å². The summed E-state index contributed by atoms with van der Waals surface area (Å²) in [6, 6.07) is 8.75. The van der Waals surface area contributed by atoms with Gasteiger partial charge in [0.1, 0.15) is 18.8 Å². The maximum Gasteiger partial charge on any atom is 0.298 e. The molecule has 0 amide bonds. The Labute approximate surface area is 134 Å². The Kier molecular flexibility index (Phi) is 3.83. The standard InChI is InChI=1S/C15H15N3O4S/c1-10-3-5-13(6-4-10)23(19,20)21-9-12-8-18-11(2)14(7-16)17-15(18)22-12/h3-6,12H,8-9H2,1-2H3. The summed E-state index contributed by atoms with van der Waals surface area (Å²) in [6.07, 6.45) is -0.454.